The maximum absolute atomic E-state index is 4.59. The molecule has 0 N–H and O–H groups in total. The largest absolute Gasteiger partial charge is 0.260 e. The summed E-state index contributed by atoms with van der Waals surface area (Å²) in [7, 11) is 0. The first-order valence-electron chi connectivity index (χ1n) is 8.27. The molecule has 1 nitrogen and oxygen atoms in total. The minimum absolute atomic E-state index is 0.899. The number of aryl methyl sites for hydroxylation is 1. The van der Waals surface area contributed by atoms with Crippen molar-refractivity contribution in [3.8, 4) is 0 Å². The molecule has 3 rings (SSSR count). The van der Waals surface area contributed by atoms with Crippen LogP contribution in [0.25, 0.3) is 10.8 Å². The Morgan fingerprint density at radius 1 is 0.818 bits per heavy atom. The van der Waals surface area contributed by atoms with Crippen molar-refractivity contribution in [2.24, 2.45) is 0 Å². The molecule has 0 aliphatic rings. The maximum Gasteiger partial charge on any atom is 0.0525 e. The number of hydrogen-bond donors (Lipinski definition) is 0. The molecule has 1 heterocycles. The van der Waals surface area contributed by atoms with Gasteiger partial charge in [-0.05, 0) is 35.4 Å². The quantitative estimate of drug-likeness (QED) is 0.541. The predicted molar refractivity (Wildman–Crippen MR) is 94.2 cm³/mol. The first kappa shape index (κ1) is 14.8. The average Bonchev–Trinajstić information content (AvgIpc) is 2.57. The van der Waals surface area contributed by atoms with E-state index in [0.717, 1.165) is 12.1 Å². The zero-order chi connectivity index (χ0) is 15.2. The second kappa shape index (κ2) is 7.22. The van der Waals surface area contributed by atoms with Gasteiger partial charge in [-0.15, -0.1) is 0 Å². The van der Waals surface area contributed by atoms with Gasteiger partial charge in [-0.1, -0.05) is 68.3 Å². The molecular formula is C21H23N. The number of unbranched alkanes of at least 4 members (excludes halogenated alkanes) is 2. The lowest BCUT2D eigenvalue weighted by Crippen LogP contribution is -1.94. The summed E-state index contributed by atoms with van der Waals surface area (Å²) in [5.74, 6) is 0. The second-order valence-corrected chi connectivity index (χ2v) is 5.93. The molecule has 0 atom stereocenters. The molecular weight excluding hydrogens is 266 g/mol. The molecule has 0 saturated carbocycles. The number of fused-ring (bicyclic) bond motifs is 1. The van der Waals surface area contributed by atoms with Gasteiger partial charge in [0, 0.05) is 18.0 Å². The fourth-order valence-electron chi connectivity index (χ4n) is 2.92. The fourth-order valence-corrected chi connectivity index (χ4v) is 2.92. The van der Waals surface area contributed by atoms with Crippen LogP contribution in [-0.4, -0.2) is 4.98 Å². The van der Waals surface area contributed by atoms with Crippen molar-refractivity contribution in [3.05, 3.63) is 77.6 Å². The Kier molecular flexibility index (Phi) is 4.85. The third-order valence-corrected chi connectivity index (χ3v) is 4.22. The van der Waals surface area contributed by atoms with Crippen LogP contribution >= 0.6 is 0 Å². The fraction of sp³-hybridized carbons (Fsp3) is 0.286. The maximum atomic E-state index is 4.59. The highest BCUT2D eigenvalue weighted by Crippen LogP contribution is 2.19. The van der Waals surface area contributed by atoms with Gasteiger partial charge in [0.15, 0.2) is 0 Å². The Hall–Kier alpha value is -2.15. The van der Waals surface area contributed by atoms with Gasteiger partial charge in [0.05, 0.1) is 5.69 Å². The van der Waals surface area contributed by atoms with Gasteiger partial charge in [0.2, 0.25) is 0 Å². The molecule has 0 fully saturated rings. The lowest BCUT2D eigenvalue weighted by Gasteiger charge is -2.07. The van der Waals surface area contributed by atoms with Crippen LogP contribution in [-0.2, 0) is 12.8 Å². The van der Waals surface area contributed by atoms with E-state index in [9.17, 15) is 0 Å². The van der Waals surface area contributed by atoms with Gasteiger partial charge in [-0.3, -0.25) is 4.98 Å². The Morgan fingerprint density at radius 2 is 1.59 bits per heavy atom. The highest BCUT2D eigenvalue weighted by Gasteiger charge is 2.03. The van der Waals surface area contributed by atoms with Crippen LogP contribution in [0, 0.1) is 0 Å². The SMILES string of the molecule is CCCCCc1ccc(Cc2nccc3ccccc23)cc1. The molecule has 112 valence electrons. The predicted octanol–water partition coefficient (Wildman–Crippen LogP) is 5.56. The number of aromatic nitrogens is 1. The lowest BCUT2D eigenvalue weighted by molar-refractivity contribution is 0.717. The summed E-state index contributed by atoms with van der Waals surface area (Å²) >= 11 is 0. The topological polar surface area (TPSA) is 12.9 Å². The molecule has 0 spiro atoms. The molecule has 0 aliphatic carbocycles. The van der Waals surface area contributed by atoms with Gasteiger partial charge in [-0.25, -0.2) is 0 Å². The summed E-state index contributed by atoms with van der Waals surface area (Å²) in [6.45, 7) is 2.25. The minimum Gasteiger partial charge on any atom is -0.260 e. The normalized spacial score (nSPS) is 11.0. The molecule has 1 heteroatoms. The highest BCUT2D eigenvalue weighted by molar-refractivity contribution is 5.84. The van der Waals surface area contributed by atoms with E-state index in [-0.39, 0.29) is 0 Å². The second-order valence-electron chi connectivity index (χ2n) is 5.93. The van der Waals surface area contributed by atoms with E-state index in [1.54, 1.807) is 0 Å². The number of benzene rings is 2. The van der Waals surface area contributed by atoms with Crippen molar-refractivity contribution in [3.63, 3.8) is 0 Å². The van der Waals surface area contributed by atoms with Crippen LogP contribution in [0.3, 0.4) is 0 Å². The molecule has 3 aromatic rings. The van der Waals surface area contributed by atoms with Crippen molar-refractivity contribution in [1.82, 2.24) is 4.98 Å². The Labute approximate surface area is 133 Å². The van der Waals surface area contributed by atoms with Crippen LogP contribution in [0.5, 0.6) is 0 Å². The lowest BCUT2D eigenvalue weighted by atomic mass is 10.0. The summed E-state index contributed by atoms with van der Waals surface area (Å²) in [6, 6.07) is 19.6. The first-order valence-corrected chi connectivity index (χ1v) is 8.27. The number of rotatable bonds is 6. The van der Waals surface area contributed by atoms with Crippen molar-refractivity contribution < 1.29 is 0 Å². The van der Waals surface area contributed by atoms with Crippen LogP contribution in [0.4, 0.5) is 0 Å². The molecule has 0 radical (unpaired) electrons. The van der Waals surface area contributed by atoms with E-state index in [4.69, 9.17) is 0 Å². The van der Waals surface area contributed by atoms with Crippen molar-refractivity contribution in [1.29, 1.82) is 0 Å². The summed E-state index contributed by atoms with van der Waals surface area (Å²) in [6.07, 6.45) is 7.90. The average molecular weight is 289 g/mol. The molecule has 0 amide bonds. The first-order chi connectivity index (χ1) is 10.9. The summed E-state index contributed by atoms with van der Waals surface area (Å²) in [5.41, 5.74) is 3.95. The molecule has 1 aromatic heterocycles. The number of pyridine rings is 1. The van der Waals surface area contributed by atoms with E-state index >= 15 is 0 Å². The van der Waals surface area contributed by atoms with Crippen LogP contribution in [0.2, 0.25) is 0 Å². The smallest absolute Gasteiger partial charge is 0.0525 e. The monoisotopic (exact) mass is 289 g/mol. The van der Waals surface area contributed by atoms with Crippen LogP contribution in [0.1, 0.15) is 43.0 Å². The van der Waals surface area contributed by atoms with Gasteiger partial charge in [-0.2, -0.15) is 0 Å². The van der Waals surface area contributed by atoms with Crippen LogP contribution < -0.4 is 0 Å². The Bertz CT molecular complexity index is 723. The standard InChI is InChI=1S/C21H23N/c1-2-3-4-7-17-10-12-18(13-11-17)16-21-20-9-6-5-8-19(20)14-15-22-21/h5-6,8-15H,2-4,7,16H2,1H3. The summed E-state index contributed by atoms with van der Waals surface area (Å²) in [5, 5.41) is 2.53. The Balaban J connectivity index is 1.75. The van der Waals surface area contributed by atoms with E-state index in [1.807, 2.05) is 6.20 Å². The summed E-state index contributed by atoms with van der Waals surface area (Å²) in [4.78, 5) is 4.59. The molecule has 0 saturated heterocycles. The zero-order valence-corrected chi connectivity index (χ0v) is 13.3. The van der Waals surface area contributed by atoms with Crippen molar-refractivity contribution in [2.45, 2.75) is 39.0 Å². The van der Waals surface area contributed by atoms with Gasteiger partial charge >= 0.3 is 0 Å². The highest BCUT2D eigenvalue weighted by atomic mass is 14.7. The van der Waals surface area contributed by atoms with Crippen molar-refractivity contribution >= 4 is 10.8 Å². The van der Waals surface area contributed by atoms with Gasteiger partial charge in [0.25, 0.3) is 0 Å². The molecule has 22 heavy (non-hydrogen) atoms. The third-order valence-electron chi connectivity index (χ3n) is 4.22. The molecule has 0 unspecified atom stereocenters. The van der Waals surface area contributed by atoms with Crippen molar-refractivity contribution in [2.75, 3.05) is 0 Å². The molecule has 2 aromatic carbocycles. The van der Waals surface area contributed by atoms with Crippen LogP contribution in [0.15, 0.2) is 60.8 Å². The zero-order valence-electron chi connectivity index (χ0n) is 13.3. The molecule has 0 bridgehead atoms. The minimum atomic E-state index is 0.899. The summed E-state index contributed by atoms with van der Waals surface area (Å²) < 4.78 is 0. The Morgan fingerprint density at radius 3 is 2.41 bits per heavy atom. The number of hydrogen-bond acceptors (Lipinski definition) is 1. The third kappa shape index (κ3) is 3.54. The van der Waals surface area contributed by atoms with E-state index < -0.39 is 0 Å². The van der Waals surface area contributed by atoms with E-state index in [1.165, 1.54) is 47.6 Å². The van der Waals surface area contributed by atoms with Gasteiger partial charge in [0.1, 0.15) is 0 Å². The van der Waals surface area contributed by atoms with E-state index in [2.05, 4.69) is 66.5 Å². The number of nitrogens with zero attached hydrogens (tertiary/aromatic N) is 1. The molecule has 0 aliphatic heterocycles. The van der Waals surface area contributed by atoms with Gasteiger partial charge < -0.3 is 0 Å². The van der Waals surface area contributed by atoms with E-state index in [0.29, 0.717) is 0 Å².